The first-order valence-corrected chi connectivity index (χ1v) is 11.3. The average molecular weight is 466 g/mol. The Balaban J connectivity index is 1.54. The second-order valence-electron chi connectivity index (χ2n) is 8.08. The number of hydrogen-bond acceptors (Lipinski definition) is 5. The van der Waals surface area contributed by atoms with Gasteiger partial charge in [0.15, 0.2) is 0 Å². The lowest BCUT2D eigenvalue weighted by molar-refractivity contribution is 0.0592. The van der Waals surface area contributed by atoms with Crippen LogP contribution in [0, 0.1) is 0 Å². The molecule has 0 spiro atoms. The van der Waals surface area contributed by atoms with E-state index in [0.29, 0.717) is 24.2 Å². The van der Waals surface area contributed by atoms with Crippen molar-refractivity contribution >= 4 is 11.9 Å². The Hall–Kier alpha value is -4.22. The van der Waals surface area contributed by atoms with Crippen molar-refractivity contribution in [2.75, 3.05) is 14.2 Å². The lowest BCUT2D eigenvalue weighted by Crippen LogP contribution is -2.14. The molecule has 0 saturated carbocycles. The summed E-state index contributed by atoms with van der Waals surface area (Å²) in [4.78, 5) is 24.6. The highest BCUT2D eigenvalue weighted by Crippen LogP contribution is 2.27. The molecule has 1 N–H and O–H groups in total. The third kappa shape index (κ3) is 5.65. The van der Waals surface area contributed by atoms with Crippen LogP contribution < -0.4 is 5.32 Å². The fourth-order valence-corrected chi connectivity index (χ4v) is 4.04. The van der Waals surface area contributed by atoms with Crippen LogP contribution in [0.4, 0.5) is 0 Å². The van der Waals surface area contributed by atoms with Gasteiger partial charge in [0.1, 0.15) is 0 Å². The molecule has 0 atom stereocenters. The number of rotatable bonds is 8. The number of carbonyl (C=O) groups is 2. The van der Waals surface area contributed by atoms with E-state index in [1.54, 1.807) is 0 Å². The van der Waals surface area contributed by atoms with Crippen molar-refractivity contribution in [3.63, 3.8) is 0 Å². The quantitative estimate of drug-likeness (QED) is 0.329. The van der Waals surface area contributed by atoms with Gasteiger partial charge in [-0.1, -0.05) is 72.8 Å². The zero-order valence-corrected chi connectivity index (χ0v) is 19.8. The molecule has 0 unspecified atom stereocenters. The Morgan fingerprint density at radius 2 is 1.00 bits per heavy atom. The van der Waals surface area contributed by atoms with Gasteiger partial charge in [-0.05, 0) is 57.6 Å². The summed E-state index contributed by atoms with van der Waals surface area (Å²) < 4.78 is 9.94. The molecular weight excluding hydrogens is 438 g/mol. The van der Waals surface area contributed by atoms with E-state index in [1.165, 1.54) is 14.2 Å². The SMILES string of the molecule is COC(=O)c1ccc(CNCc2ccc(C(=O)OC)c(-c3ccccc3)c2)cc1-c1ccccc1. The first kappa shape index (κ1) is 23.9. The molecule has 0 radical (unpaired) electrons. The van der Waals surface area contributed by atoms with Gasteiger partial charge in [0.2, 0.25) is 0 Å². The Kier molecular flexibility index (Phi) is 7.70. The number of esters is 2. The fraction of sp³-hybridized carbons (Fsp3) is 0.133. The number of hydrogen-bond donors (Lipinski definition) is 1. The molecule has 0 aromatic heterocycles. The Labute approximate surface area is 205 Å². The minimum Gasteiger partial charge on any atom is -0.465 e. The van der Waals surface area contributed by atoms with Crippen molar-refractivity contribution in [3.8, 4) is 22.3 Å². The van der Waals surface area contributed by atoms with Crippen molar-refractivity contribution in [2.24, 2.45) is 0 Å². The number of nitrogens with one attached hydrogen (secondary N) is 1. The van der Waals surface area contributed by atoms with Gasteiger partial charge in [0.05, 0.1) is 25.3 Å². The molecule has 0 saturated heterocycles. The van der Waals surface area contributed by atoms with Crippen LogP contribution >= 0.6 is 0 Å². The van der Waals surface area contributed by atoms with Crippen LogP contribution in [-0.4, -0.2) is 26.2 Å². The van der Waals surface area contributed by atoms with Crippen LogP contribution in [0.25, 0.3) is 22.3 Å². The maximum absolute atomic E-state index is 12.3. The van der Waals surface area contributed by atoms with Crippen molar-refractivity contribution in [1.82, 2.24) is 5.32 Å². The second kappa shape index (κ2) is 11.3. The van der Waals surface area contributed by atoms with E-state index in [4.69, 9.17) is 9.47 Å². The predicted molar refractivity (Wildman–Crippen MR) is 137 cm³/mol. The van der Waals surface area contributed by atoms with E-state index in [2.05, 4.69) is 5.32 Å². The highest BCUT2D eigenvalue weighted by Gasteiger charge is 2.15. The first-order valence-electron chi connectivity index (χ1n) is 11.3. The van der Waals surface area contributed by atoms with E-state index < -0.39 is 0 Å². The van der Waals surface area contributed by atoms with Crippen LogP contribution in [0.15, 0.2) is 97.1 Å². The summed E-state index contributed by atoms with van der Waals surface area (Å²) >= 11 is 0. The zero-order valence-electron chi connectivity index (χ0n) is 19.8. The van der Waals surface area contributed by atoms with Crippen LogP contribution in [0.2, 0.25) is 0 Å². The lowest BCUT2D eigenvalue weighted by atomic mass is 9.96. The van der Waals surface area contributed by atoms with Gasteiger partial charge in [-0.15, -0.1) is 0 Å². The van der Waals surface area contributed by atoms with E-state index in [1.807, 2.05) is 97.1 Å². The summed E-state index contributed by atoms with van der Waals surface area (Å²) in [5.74, 6) is -0.718. The summed E-state index contributed by atoms with van der Waals surface area (Å²) in [5, 5.41) is 3.47. The summed E-state index contributed by atoms with van der Waals surface area (Å²) in [5.41, 5.74) is 6.76. The smallest absolute Gasteiger partial charge is 0.338 e. The molecule has 0 heterocycles. The first-order chi connectivity index (χ1) is 17.1. The lowest BCUT2D eigenvalue weighted by Gasteiger charge is -2.13. The molecular formula is C30H27NO4. The summed E-state index contributed by atoms with van der Waals surface area (Å²) in [6.07, 6.45) is 0. The predicted octanol–water partition coefficient (Wildman–Crippen LogP) is 5.88. The maximum Gasteiger partial charge on any atom is 0.338 e. The molecule has 4 rings (SSSR count). The van der Waals surface area contributed by atoms with Gasteiger partial charge in [0.25, 0.3) is 0 Å². The molecule has 0 amide bonds. The Morgan fingerprint density at radius 1 is 0.600 bits per heavy atom. The molecule has 4 aromatic carbocycles. The third-order valence-electron chi connectivity index (χ3n) is 5.81. The van der Waals surface area contributed by atoms with Gasteiger partial charge < -0.3 is 14.8 Å². The van der Waals surface area contributed by atoms with Crippen molar-refractivity contribution in [3.05, 3.63) is 119 Å². The Morgan fingerprint density at radius 3 is 1.37 bits per heavy atom. The topological polar surface area (TPSA) is 64.6 Å². The number of ether oxygens (including phenoxy) is 2. The van der Waals surface area contributed by atoms with E-state index >= 15 is 0 Å². The summed E-state index contributed by atoms with van der Waals surface area (Å²) in [7, 11) is 2.78. The molecule has 176 valence electrons. The van der Waals surface area contributed by atoms with Crippen molar-refractivity contribution in [2.45, 2.75) is 13.1 Å². The van der Waals surface area contributed by atoms with Crippen LogP contribution in [-0.2, 0) is 22.6 Å². The second-order valence-corrected chi connectivity index (χ2v) is 8.08. The van der Waals surface area contributed by atoms with Gasteiger partial charge >= 0.3 is 11.9 Å². The van der Waals surface area contributed by atoms with Gasteiger partial charge in [0, 0.05) is 13.1 Å². The standard InChI is InChI=1S/C30H27NO4/c1-34-29(32)25-15-13-21(17-27(25)23-9-5-3-6-10-23)19-31-20-22-14-16-26(30(33)35-2)28(18-22)24-11-7-4-8-12-24/h3-18,31H,19-20H2,1-2H3. The number of methoxy groups -OCH3 is 2. The largest absolute Gasteiger partial charge is 0.465 e. The third-order valence-corrected chi connectivity index (χ3v) is 5.81. The van der Waals surface area contributed by atoms with Gasteiger partial charge in [-0.3, -0.25) is 0 Å². The zero-order chi connectivity index (χ0) is 24.6. The van der Waals surface area contributed by atoms with Crippen molar-refractivity contribution in [1.29, 1.82) is 0 Å². The summed E-state index contributed by atoms with van der Waals surface area (Å²) in [6, 6.07) is 31.1. The molecule has 0 aliphatic heterocycles. The van der Waals surface area contributed by atoms with Crippen molar-refractivity contribution < 1.29 is 19.1 Å². The molecule has 4 aromatic rings. The van der Waals surface area contributed by atoms with Gasteiger partial charge in [-0.2, -0.15) is 0 Å². The summed E-state index contributed by atoms with van der Waals surface area (Å²) in [6.45, 7) is 1.22. The van der Waals surface area contributed by atoms with Crippen LogP contribution in [0.1, 0.15) is 31.8 Å². The molecule has 5 heteroatoms. The normalized spacial score (nSPS) is 10.6. The molecule has 0 aliphatic rings. The highest BCUT2D eigenvalue weighted by atomic mass is 16.5. The fourth-order valence-electron chi connectivity index (χ4n) is 4.04. The monoisotopic (exact) mass is 465 g/mol. The minimum absolute atomic E-state index is 0.359. The average Bonchev–Trinajstić information content (AvgIpc) is 2.93. The van der Waals surface area contributed by atoms with E-state index in [9.17, 15) is 9.59 Å². The van der Waals surface area contributed by atoms with E-state index in [0.717, 1.165) is 33.4 Å². The minimum atomic E-state index is -0.359. The molecule has 5 nitrogen and oxygen atoms in total. The van der Waals surface area contributed by atoms with Gasteiger partial charge in [-0.25, -0.2) is 9.59 Å². The molecule has 0 aliphatic carbocycles. The van der Waals surface area contributed by atoms with E-state index in [-0.39, 0.29) is 11.9 Å². The highest BCUT2D eigenvalue weighted by molar-refractivity contribution is 5.98. The van der Waals surface area contributed by atoms with Crippen LogP contribution in [0.3, 0.4) is 0 Å². The Bertz CT molecular complexity index is 1210. The molecule has 35 heavy (non-hydrogen) atoms. The number of carbonyl (C=O) groups excluding carboxylic acids is 2. The van der Waals surface area contributed by atoms with Crippen LogP contribution in [0.5, 0.6) is 0 Å². The number of benzene rings is 4. The maximum atomic E-state index is 12.3. The molecule has 0 bridgehead atoms. The molecule has 0 fully saturated rings.